The first-order valence-corrected chi connectivity index (χ1v) is 33.3. The maximum Gasteiger partial charge on any atom is 0.303 e. The van der Waals surface area contributed by atoms with Crippen LogP contribution in [0.4, 0.5) is 5.82 Å². The minimum atomic E-state index is -2.18. The molecule has 2 saturated heterocycles. The molecule has 99 heavy (non-hydrogen) atoms. The van der Waals surface area contributed by atoms with Gasteiger partial charge in [-0.05, 0) is 59.7 Å². The maximum absolute atomic E-state index is 15.2. The third-order valence-corrected chi connectivity index (χ3v) is 17.7. The van der Waals surface area contributed by atoms with Crippen molar-refractivity contribution in [1.82, 2.24) is 67.1 Å². The molecule has 0 saturated carbocycles. The number of nitrogens with one attached hydrogen (secondary N) is 8. The van der Waals surface area contributed by atoms with Gasteiger partial charge in [0.25, 0.3) is 11.8 Å². The summed E-state index contributed by atoms with van der Waals surface area (Å²) in [4.78, 5) is 131. The van der Waals surface area contributed by atoms with Crippen LogP contribution in [0.25, 0.3) is 10.7 Å². The topological polar surface area (TPSA) is 639 Å². The summed E-state index contributed by atoms with van der Waals surface area (Å²) in [6.07, 6.45) is -20.4. The lowest BCUT2D eigenvalue weighted by atomic mass is 9.96. The average molecular weight is 1440 g/mol. The standard InChI is InChI=1S/C58H90N18O21S2/c1-23-37(73-50(76-48(23)62)29(15-35(61)81)68-16-28(60)49(63)87)54(91)75-39(45(30-17-65-22-69-30)96-58-47(43(85)41(83)33(18-77)95-58)97-57-44(86)46(93-27(5)80)42(84)34(19-78)94-57)55(92)70-25(3)40(82)24(2)51(88)74-38(26(4)79)53(90)67-14-9-36-71-32(21-98-36)56-72-31(20-99-56)52(89)66-13-8-12-64-11-7-6-10-59/h17,20-22,24-26,28-29,33-34,38-47,57-58,64,68,77-79,82-86H,6-16,18-19,59-60H2,1-5H3,(H2,61,81)(H2,63,87)(H,65,69)(H,66,89)(H,67,90)(H,70,92)(H,74,88)(H,75,91)(H2,62,73,76)/t24-,25?,26+,28?,29-,33-,34+,38-,39-,40?,41+,42+,43+,44-,45-,46-,47-,57+,58-/m0/s1. The van der Waals surface area contributed by atoms with Crippen molar-refractivity contribution in [2.45, 2.75) is 177 Å². The van der Waals surface area contributed by atoms with Crippen molar-refractivity contribution >= 4 is 75.8 Å². The van der Waals surface area contributed by atoms with Crippen LogP contribution in [0, 0.1) is 12.8 Å². The number of primary amides is 2. The molecule has 0 bridgehead atoms. The van der Waals surface area contributed by atoms with Crippen LogP contribution in [-0.2, 0) is 58.9 Å². The zero-order valence-electron chi connectivity index (χ0n) is 54.8. The van der Waals surface area contributed by atoms with E-state index in [9.17, 15) is 74.4 Å². The number of hydrogen-bond acceptors (Lipinski definition) is 33. The SMILES string of the molecule is CC(=O)O[C@@H]1[C@H](O)[C@@H](O[C@@H]2[C@H](O[C@@H](c3cnc[nH]3)[C@H](NC(=O)c3nc([C@H](CC(N)=O)NCC(N)C(N)=O)nc(N)c3C)C(=O)NC(C)C(O)[C@H](C)C(=O)N[C@H](C(=O)NCCc3nc(-c4nc(C(=O)NCCCNCCCCN)cs4)cs3)[C@@H](C)O)O[C@@H](CO)[C@@H](O)[C@H]2O)O[C@H](CO)[C@H]1O. The first-order valence-electron chi connectivity index (χ1n) is 31.6. The van der Waals surface area contributed by atoms with Gasteiger partial charge in [-0.15, -0.1) is 22.7 Å². The number of esters is 1. The Morgan fingerprint density at radius 2 is 1.45 bits per heavy atom. The molecule has 39 nitrogen and oxygen atoms in total. The lowest BCUT2D eigenvalue weighted by Gasteiger charge is -2.47. The molecule has 7 amide bonds. The summed E-state index contributed by atoms with van der Waals surface area (Å²) in [6.45, 7) is 6.34. The second-order valence-corrected chi connectivity index (χ2v) is 25.3. The lowest BCUT2D eigenvalue weighted by molar-refractivity contribution is -0.372. The zero-order chi connectivity index (χ0) is 72.9. The van der Waals surface area contributed by atoms with Crippen LogP contribution < -0.4 is 65.9 Å². The second-order valence-electron chi connectivity index (χ2n) is 23.5. The molecule has 2 aliphatic heterocycles. The summed E-state index contributed by atoms with van der Waals surface area (Å²) in [6, 6.07) is -7.83. The van der Waals surface area contributed by atoms with Gasteiger partial charge in [0.05, 0.1) is 72.7 Å². The minimum absolute atomic E-state index is 0.0102. The van der Waals surface area contributed by atoms with E-state index in [1.165, 1.54) is 50.4 Å². The Hall–Kier alpha value is -7.53. The van der Waals surface area contributed by atoms with Crippen molar-refractivity contribution in [3.63, 3.8) is 0 Å². The van der Waals surface area contributed by atoms with Gasteiger partial charge in [0.1, 0.15) is 94.6 Å². The van der Waals surface area contributed by atoms with Gasteiger partial charge in [-0.3, -0.25) is 38.4 Å². The maximum atomic E-state index is 15.2. The summed E-state index contributed by atoms with van der Waals surface area (Å²) < 4.78 is 29.1. The normalized spacial score (nSPS) is 23.6. The van der Waals surface area contributed by atoms with Crippen molar-refractivity contribution in [2.24, 2.45) is 28.9 Å². The largest absolute Gasteiger partial charge is 0.457 e. The Labute approximate surface area is 574 Å². The van der Waals surface area contributed by atoms with E-state index in [2.05, 4.69) is 67.1 Å². The Balaban J connectivity index is 1.23. The van der Waals surface area contributed by atoms with E-state index in [1.807, 2.05) is 0 Å². The van der Waals surface area contributed by atoms with Crippen LogP contribution in [0.3, 0.4) is 0 Å². The fraction of sp³-hybridized carbons (Fsp3) is 0.638. The van der Waals surface area contributed by atoms with Gasteiger partial charge in [-0.2, -0.15) is 0 Å². The number of nitrogens with two attached hydrogens (primary N) is 5. The number of aliphatic hydroxyl groups is 8. The number of ether oxygens (including phenoxy) is 5. The van der Waals surface area contributed by atoms with Crippen molar-refractivity contribution in [1.29, 1.82) is 0 Å². The molecule has 3 unspecified atom stereocenters. The Morgan fingerprint density at radius 1 is 0.758 bits per heavy atom. The van der Waals surface area contributed by atoms with Gasteiger partial charge in [0, 0.05) is 55.7 Å². The number of H-pyrrole nitrogens is 1. The predicted octanol–water partition coefficient (Wildman–Crippen LogP) is -7.79. The zero-order valence-corrected chi connectivity index (χ0v) is 56.4. The molecule has 6 rings (SSSR count). The van der Waals surface area contributed by atoms with Crippen LogP contribution in [0.2, 0.25) is 0 Å². The number of carbonyl (C=O) groups excluding carboxylic acids is 8. The quantitative estimate of drug-likeness (QED) is 0.0146. The van der Waals surface area contributed by atoms with E-state index in [1.54, 1.807) is 10.8 Å². The number of carbonyl (C=O) groups is 8. The molecule has 0 spiro atoms. The number of nitrogens with zero attached hydrogens (tertiary/aromatic N) is 5. The summed E-state index contributed by atoms with van der Waals surface area (Å²) >= 11 is 2.51. The van der Waals surface area contributed by atoms with Crippen LogP contribution in [0.5, 0.6) is 0 Å². The third-order valence-electron chi connectivity index (χ3n) is 15.9. The highest BCUT2D eigenvalue weighted by Gasteiger charge is 2.54. The fourth-order valence-electron chi connectivity index (χ4n) is 10.2. The Bertz CT molecular complexity index is 3320. The number of thiazole rings is 2. The van der Waals surface area contributed by atoms with Crippen molar-refractivity contribution < 1.29 is 103 Å². The predicted molar refractivity (Wildman–Crippen MR) is 347 cm³/mol. The monoisotopic (exact) mass is 1440 g/mol. The third kappa shape index (κ3) is 22.2. The number of hydrogen-bond donors (Lipinski definition) is 21. The van der Waals surface area contributed by atoms with E-state index in [4.69, 9.17) is 52.4 Å². The molecule has 19 atom stereocenters. The number of imidazole rings is 1. The Kier molecular flexibility index (Phi) is 31.1. The number of rotatable bonds is 39. The number of nitrogen functional groups attached to an aromatic ring is 1. The summed E-state index contributed by atoms with van der Waals surface area (Å²) in [5.41, 5.74) is 28.4. The van der Waals surface area contributed by atoms with E-state index in [0.29, 0.717) is 28.8 Å². The molecule has 4 aromatic heterocycles. The first kappa shape index (κ1) is 80.4. The smallest absolute Gasteiger partial charge is 0.303 e. The lowest BCUT2D eigenvalue weighted by Crippen LogP contribution is -2.65. The van der Waals surface area contributed by atoms with Crippen LogP contribution in [0.15, 0.2) is 23.3 Å². The highest BCUT2D eigenvalue weighted by Crippen LogP contribution is 2.35. The van der Waals surface area contributed by atoms with Crippen molar-refractivity contribution in [3.05, 3.63) is 56.8 Å². The van der Waals surface area contributed by atoms with Gasteiger partial charge in [0.15, 0.2) is 18.7 Å². The van der Waals surface area contributed by atoms with Crippen molar-refractivity contribution in [3.8, 4) is 10.7 Å². The van der Waals surface area contributed by atoms with E-state index in [-0.39, 0.29) is 54.0 Å². The summed E-state index contributed by atoms with van der Waals surface area (Å²) in [5, 5.41) is 112. The minimum Gasteiger partial charge on any atom is -0.457 e. The van der Waals surface area contributed by atoms with Gasteiger partial charge < -0.3 is 135 Å². The van der Waals surface area contributed by atoms with E-state index >= 15 is 4.79 Å². The molecule has 6 heterocycles. The molecular weight excluding hydrogens is 1350 g/mol. The van der Waals surface area contributed by atoms with Gasteiger partial charge in [-0.25, -0.2) is 24.9 Å². The molecule has 550 valence electrons. The summed E-state index contributed by atoms with van der Waals surface area (Å²) in [7, 11) is 0. The number of unbranched alkanes of at least 4 members (excludes halogenated alkanes) is 1. The van der Waals surface area contributed by atoms with Crippen LogP contribution >= 0.6 is 22.7 Å². The Morgan fingerprint density at radius 3 is 2.10 bits per heavy atom. The molecular formula is C58H90N18O21S2. The van der Waals surface area contributed by atoms with Crippen LogP contribution in [-0.4, -0.2) is 268 Å². The highest BCUT2D eigenvalue weighted by molar-refractivity contribution is 7.14. The van der Waals surface area contributed by atoms with Crippen molar-refractivity contribution in [2.75, 3.05) is 58.2 Å². The first-order chi connectivity index (χ1) is 47.0. The molecule has 41 heteroatoms. The molecule has 0 radical (unpaired) electrons. The van der Waals surface area contributed by atoms with Gasteiger partial charge >= 0.3 is 5.97 Å². The van der Waals surface area contributed by atoms with E-state index < -0.39 is 183 Å². The molecule has 0 aromatic carbocycles. The number of aromatic amines is 1. The number of amides is 7. The molecule has 26 N–H and O–H groups in total. The highest BCUT2D eigenvalue weighted by atomic mass is 32.1. The molecule has 2 aliphatic rings. The summed E-state index contributed by atoms with van der Waals surface area (Å²) in [5.74, 6) is -9.67. The number of anilines is 1. The fourth-order valence-corrected chi connectivity index (χ4v) is 11.8. The molecule has 2 fully saturated rings. The van der Waals surface area contributed by atoms with E-state index in [0.717, 1.165) is 51.8 Å². The second kappa shape index (κ2) is 38.3. The number of aliphatic hydroxyl groups excluding tert-OH is 8. The van der Waals surface area contributed by atoms with Gasteiger partial charge in [-0.1, -0.05) is 6.92 Å². The van der Waals surface area contributed by atoms with Crippen LogP contribution in [0.1, 0.15) is 109 Å². The number of aromatic nitrogens is 6. The molecule has 0 aliphatic carbocycles. The average Bonchev–Trinajstić information content (AvgIpc) is 0.860. The van der Waals surface area contributed by atoms with Gasteiger partial charge in [0.2, 0.25) is 29.5 Å². The molecule has 4 aromatic rings.